The first-order chi connectivity index (χ1) is 12.7. The Labute approximate surface area is 156 Å². The topological polar surface area (TPSA) is 53.4 Å². The average Bonchev–Trinajstić information content (AvgIpc) is 3.03. The van der Waals surface area contributed by atoms with Gasteiger partial charge < -0.3 is 9.88 Å². The minimum absolute atomic E-state index is 0.132. The normalized spacial score (nSPS) is 29.7. The van der Waals surface area contributed by atoms with Crippen LogP contribution in [0.15, 0.2) is 12.5 Å². The van der Waals surface area contributed by atoms with Crippen molar-refractivity contribution in [2.24, 2.45) is 0 Å². The molecule has 1 amide bonds. The van der Waals surface area contributed by atoms with Crippen molar-refractivity contribution < 1.29 is 4.79 Å². The van der Waals surface area contributed by atoms with E-state index in [9.17, 15) is 4.79 Å². The summed E-state index contributed by atoms with van der Waals surface area (Å²) in [5.74, 6) is 0.211. The summed E-state index contributed by atoms with van der Waals surface area (Å²) in [6.45, 7) is 5.00. The van der Waals surface area contributed by atoms with Gasteiger partial charge in [-0.3, -0.25) is 14.6 Å². The predicted molar refractivity (Wildman–Crippen MR) is 102 cm³/mol. The summed E-state index contributed by atoms with van der Waals surface area (Å²) in [6, 6.07) is 0.641. The SMILES string of the molecule is CN1CCN(Cc2cncn2C2CCCCC2)CC12CCNC(=O)CC2. The molecule has 0 radical (unpaired) electrons. The number of carbonyl (C=O) groups excluding carboxylic acids is 1. The van der Waals surface area contributed by atoms with Gasteiger partial charge in [-0.05, 0) is 32.7 Å². The summed E-state index contributed by atoms with van der Waals surface area (Å²) < 4.78 is 2.45. The highest BCUT2D eigenvalue weighted by Gasteiger charge is 2.41. The van der Waals surface area contributed by atoms with Gasteiger partial charge >= 0.3 is 0 Å². The van der Waals surface area contributed by atoms with E-state index in [0.29, 0.717) is 12.5 Å². The number of nitrogens with one attached hydrogen (secondary N) is 1. The molecule has 1 spiro atoms. The molecule has 4 rings (SSSR count). The van der Waals surface area contributed by atoms with Crippen LogP contribution >= 0.6 is 0 Å². The lowest BCUT2D eigenvalue weighted by molar-refractivity contribution is -0.121. The molecule has 2 saturated heterocycles. The van der Waals surface area contributed by atoms with Crippen LogP contribution in [-0.4, -0.2) is 64.0 Å². The molecule has 1 atom stereocenters. The standard InChI is InChI=1S/C20H33N5O/c1-23-11-12-24(15-20(23)8-7-19(26)22-10-9-20)14-18-13-21-16-25(18)17-5-3-2-4-6-17/h13,16-17H,2-12,14-15H2,1H3,(H,22,26). The minimum atomic E-state index is 0.132. The van der Waals surface area contributed by atoms with E-state index in [2.05, 4.69) is 37.9 Å². The molecular formula is C20H33N5O. The molecule has 1 aromatic rings. The van der Waals surface area contributed by atoms with Crippen molar-refractivity contribution in [1.29, 1.82) is 0 Å². The Hall–Kier alpha value is -1.40. The van der Waals surface area contributed by atoms with E-state index >= 15 is 0 Å². The van der Waals surface area contributed by atoms with Gasteiger partial charge in [0.1, 0.15) is 0 Å². The Balaban J connectivity index is 1.46. The lowest BCUT2D eigenvalue weighted by Gasteiger charge is -2.49. The van der Waals surface area contributed by atoms with Crippen LogP contribution in [0, 0.1) is 0 Å². The van der Waals surface area contributed by atoms with Crippen molar-refractivity contribution in [3.63, 3.8) is 0 Å². The molecule has 1 saturated carbocycles. The third-order valence-corrected chi connectivity index (χ3v) is 6.91. The fourth-order valence-corrected chi connectivity index (χ4v) is 5.19. The molecule has 1 aliphatic carbocycles. The number of hydrogen-bond acceptors (Lipinski definition) is 4. The van der Waals surface area contributed by atoms with E-state index in [1.807, 2.05) is 6.33 Å². The first-order valence-corrected chi connectivity index (χ1v) is 10.4. The number of imidazole rings is 1. The number of hydrogen-bond donors (Lipinski definition) is 1. The largest absolute Gasteiger partial charge is 0.356 e. The molecule has 144 valence electrons. The summed E-state index contributed by atoms with van der Waals surface area (Å²) >= 11 is 0. The second-order valence-corrected chi connectivity index (χ2v) is 8.54. The maximum absolute atomic E-state index is 11.8. The second kappa shape index (κ2) is 7.69. The zero-order valence-electron chi connectivity index (χ0n) is 16.1. The Morgan fingerprint density at radius 2 is 2.08 bits per heavy atom. The minimum Gasteiger partial charge on any atom is -0.356 e. The summed E-state index contributed by atoms with van der Waals surface area (Å²) in [4.78, 5) is 21.4. The van der Waals surface area contributed by atoms with Gasteiger partial charge in [0.15, 0.2) is 0 Å². The third-order valence-electron chi connectivity index (χ3n) is 6.91. The highest BCUT2D eigenvalue weighted by molar-refractivity contribution is 5.76. The van der Waals surface area contributed by atoms with Gasteiger partial charge in [-0.1, -0.05) is 19.3 Å². The van der Waals surface area contributed by atoms with Gasteiger partial charge in [0.2, 0.25) is 5.91 Å². The molecule has 1 aromatic heterocycles. The number of nitrogens with zero attached hydrogens (tertiary/aromatic N) is 4. The molecule has 0 bridgehead atoms. The number of aromatic nitrogens is 2. The van der Waals surface area contributed by atoms with Crippen LogP contribution in [0.3, 0.4) is 0 Å². The summed E-state index contributed by atoms with van der Waals surface area (Å²) in [5, 5.41) is 3.05. The summed E-state index contributed by atoms with van der Waals surface area (Å²) in [5.41, 5.74) is 1.49. The fraction of sp³-hybridized carbons (Fsp3) is 0.800. The average molecular weight is 360 g/mol. The van der Waals surface area contributed by atoms with Crippen LogP contribution in [0.5, 0.6) is 0 Å². The Bertz CT molecular complexity index is 623. The zero-order chi connectivity index (χ0) is 18.0. The van der Waals surface area contributed by atoms with Crippen molar-refractivity contribution in [2.45, 2.75) is 69.5 Å². The molecule has 26 heavy (non-hydrogen) atoms. The molecule has 2 aliphatic heterocycles. The molecule has 1 N–H and O–H groups in total. The van der Waals surface area contributed by atoms with E-state index in [1.165, 1.54) is 37.8 Å². The third kappa shape index (κ3) is 3.67. The maximum atomic E-state index is 11.8. The van der Waals surface area contributed by atoms with Crippen LogP contribution in [0.25, 0.3) is 0 Å². The van der Waals surface area contributed by atoms with Gasteiger partial charge in [0.25, 0.3) is 0 Å². The molecular weight excluding hydrogens is 326 g/mol. The lowest BCUT2D eigenvalue weighted by atomic mass is 9.86. The van der Waals surface area contributed by atoms with Crippen LogP contribution in [0.2, 0.25) is 0 Å². The first-order valence-electron chi connectivity index (χ1n) is 10.4. The van der Waals surface area contributed by atoms with Crippen molar-refractivity contribution >= 4 is 5.91 Å². The van der Waals surface area contributed by atoms with Crippen molar-refractivity contribution in [2.75, 3.05) is 33.2 Å². The maximum Gasteiger partial charge on any atom is 0.220 e. The molecule has 1 unspecified atom stereocenters. The molecule has 6 heteroatoms. The van der Waals surface area contributed by atoms with E-state index < -0.39 is 0 Å². The van der Waals surface area contributed by atoms with Crippen molar-refractivity contribution in [3.05, 3.63) is 18.2 Å². The predicted octanol–water partition coefficient (Wildman–Crippen LogP) is 2.17. The molecule has 3 heterocycles. The monoisotopic (exact) mass is 359 g/mol. The van der Waals surface area contributed by atoms with E-state index in [-0.39, 0.29) is 11.4 Å². The van der Waals surface area contributed by atoms with Gasteiger partial charge in [0.05, 0.1) is 12.0 Å². The molecule has 6 nitrogen and oxygen atoms in total. The molecule has 3 fully saturated rings. The molecule has 0 aromatic carbocycles. The highest BCUT2D eigenvalue weighted by atomic mass is 16.1. The number of rotatable bonds is 3. The van der Waals surface area contributed by atoms with Crippen LogP contribution in [0.4, 0.5) is 0 Å². The van der Waals surface area contributed by atoms with Crippen LogP contribution in [-0.2, 0) is 11.3 Å². The zero-order valence-corrected chi connectivity index (χ0v) is 16.1. The van der Waals surface area contributed by atoms with Crippen molar-refractivity contribution in [1.82, 2.24) is 24.7 Å². The van der Waals surface area contributed by atoms with Gasteiger partial charge in [-0.15, -0.1) is 0 Å². The van der Waals surface area contributed by atoms with Gasteiger partial charge in [-0.2, -0.15) is 0 Å². The van der Waals surface area contributed by atoms with Crippen molar-refractivity contribution in [3.8, 4) is 0 Å². The molecule has 3 aliphatic rings. The smallest absolute Gasteiger partial charge is 0.220 e. The quantitative estimate of drug-likeness (QED) is 0.899. The lowest BCUT2D eigenvalue weighted by Crippen LogP contribution is -2.60. The highest BCUT2D eigenvalue weighted by Crippen LogP contribution is 2.32. The number of likely N-dealkylation sites (N-methyl/N-ethyl adjacent to an activating group) is 1. The number of piperazine rings is 1. The van der Waals surface area contributed by atoms with E-state index in [0.717, 1.165) is 45.6 Å². The van der Waals surface area contributed by atoms with Crippen LogP contribution < -0.4 is 5.32 Å². The number of carbonyl (C=O) groups is 1. The number of amides is 1. The Morgan fingerprint density at radius 1 is 1.23 bits per heavy atom. The Morgan fingerprint density at radius 3 is 2.92 bits per heavy atom. The van der Waals surface area contributed by atoms with Crippen LogP contribution in [0.1, 0.15) is 63.1 Å². The van der Waals surface area contributed by atoms with E-state index in [1.54, 1.807) is 0 Å². The Kier molecular flexibility index (Phi) is 5.32. The summed E-state index contributed by atoms with van der Waals surface area (Å²) in [6.07, 6.45) is 13.5. The van der Waals surface area contributed by atoms with Gasteiger partial charge in [0, 0.05) is 56.9 Å². The van der Waals surface area contributed by atoms with E-state index in [4.69, 9.17) is 0 Å². The van der Waals surface area contributed by atoms with Gasteiger partial charge in [-0.25, -0.2) is 4.98 Å². The fourth-order valence-electron chi connectivity index (χ4n) is 5.19. The second-order valence-electron chi connectivity index (χ2n) is 8.54. The first kappa shape index (κ1) is 18.0. The summed E-state index contributed by atoms with van der Waals surface area (Å²) in [7, 11) is 2.24.